The molecule has 4 aliphatic heterocycles. The van der Waals surface area contributed by atoms with E-state index in [0.29, 0.717) is 55.3 Å². The van der Waals surface area contributed by atoms with Crippen LogP contribution in [-0.2, 0) is 20.9 Å². The zero-order valence-corrected chi connectivity index (χ0v) is 36.3. The van der Waals surface area contributed by atoms with Gasteiger partial charge >= 0.3 is 0 Å². The molecule has 62 heavy (non-hydrogen) atoms. The summed E-state index contributed by atoms with van der Waals surface area (Å²) in [5.41, 5.74) is 10.5. The highest BCUT2D eigenvalue weighted by Gasteiger charge is 2.40. The fraction of sp³-hybridized carbons (Fsp3) is 0.467. The fourth-order valence-corrected chi connectivity index (χ4v) is 9.73. The predicted octanol–water partition coefficient (Wildman–Crippen LogP) is 7.03. The lowest BCUT2D eigenvalue weighted by atomic mass is 9.98. The number of nitrogens with zero attached hydrogens (tertiary/aromatic N) is 6. The lowest BCUT2D eigenvalue weighted by molar-refractivity contribution is -0.137. The van der Waals surface area contributed by atoms with Gasteiger partial charge in [0.15, 0.2) is 11.6 Å². The second-order valence-electron chi connectivity index (χ2n) is 16.8. The quantitative estimate of drug-likeness (QED) is 0.0604. The van der Waals surface area contributed by atoms with E-state index in [0.717, 1.165) is 87.1 Å². The molecule has 1 unspecified atom stereocenters. The molecular formula is C45H52Cl2FN9O5. The van der Waals surface area contributed by atoms with Gasteiger partial charge in [-0.1, -0.05) is 42.1 Å². The number of carbonyl (C=O) groups is 4. The minimum atomic E-state index is -0.689. The summed E-state index contributed by atoms with van der Waals surface area (Å²) in [7, 11) is 0. The summed E-state index contributed by atoms with van der Waals surface area (Å²) in [6.07, 6.45) is 11.6. The third-order valence-corrected chi connectivity index (χ3v) is 13.3. The lowest BCUT2D eigenvalue weighted by Crippen LogP contribution is -2.52. The zero-order chi connectivity index (χ0) is 43.5. The number of ether oxygens (including phenoxy) is 1. The molecule has 0 aliphatic carbocycles. The van der Waals surface area contributed by atoms with Gasteiger partial charge in [0.2, 0.25) is 17.7 Å². The van der Waals surface area contributed by atoms with Crippen LogP contribution in [0, 0.1) is 11.7 Å². The molecule has 4 amide bonds. The van der Waals surface area contributed by atoms with Crippen LogP contribution >= 0.6 is 23.2 Å². The van der Waals surface area contributed by atoms with Crippen molar-refractivity contribution in [3.63, 3.8) is 0 Å². The number of nitrogens with one attached hydrogen (secondary N) is 2. The number of anilines is 2. The van der Waals surface area contributed by atoms with Crippen molar-refractivity contribution in [1.29, 1.82) is 0 Å². The summed E-state index contributed by atoms with van der Waals surface area (Å²) in [5, 5.41) is 10.8. The minimum absolute atomic E-state index is 0.101. The highest BCUT2D eigenvalue weighted by Crippen LogP contribution is 2.38. The van der Waals surface area contributed by atoms with Crippen molar-refractivity contribution in [2.24, 2.45) is 5.92 Å². The van der Waals surface area contributed by atoms with Crippen molar-refractivity contribution in [2.45, 2.75) is 89.4 Å². The number of hydrogen-bond donors (Lipinski definition) is 3. The number of nitrogen functional groups attached to an aromatic ring is 1. The van der Waals surface area contributed by atoms with E-state index in [4.69, 9.17) is 33.7 Å². The summed E-state index contributed by atoms with van der Waals surface area (Å²) in [6.45, 7) is 7.38. The van der Waals surface area contributed by atoms with Crippen molar-refractivity contribution >= 4 is 58.3 Å². The van der Waals surface area contributed by atoms with E-state index in [9.17, 15) is 23.6 Å². The van der Waals surface area contributed by atoms with Crippen molar-refractivity contribution in [3.05, 3.63) is 87.5 Å². The SMILES string of the molecule is C[C@@H](Oc1cc(-c2cnn(C3CCN(C(=O)CCCCCCN4CC(CNc5cccc6c5CN(C5CCC(=O)NC5=O)C6=O)C4)CC3)c2)cnc1N)c1c(Cl)ccc(F)c1Cl. The maximum atomic E-state index is 14.2. The second kappa shape index (κ2) is 19.0. The number of likely N-dealkylation sites (tertiary alicyclic amines) is 2. The summed E-state index contributed by atoms with van der Waals surface area (Å²) in [6, 6.07) is 9.64. The Morgan fingerprint density at radius 2 is 1.82 bits per heavy atom. The van der Waals surface area contributed by atoms with Crippen LogP contribution in [0.5, 0.6) is 5.75 Å². The number of aromatic nitrogens is 3. The van der Waals surface area contributed by atoms with Crippen LogP contribution in [0.4, 0.5) is 15.9 Å². The first kappa shape index (κ1) is 43.4. The number of halogens is 3. The molecule has 4 aromatic rings. The van der Waals surface area contributed by atoms with Gasteiger partial charge in [0.25, 0.3) is 5.91 Å². The number of hydrogen-bond acceptors (Lipinski definition) is 10. The van der Waals surface area contributed by atoms with Crippen LogP contribution in [0.2, 0.25) is 10.0 Å². The van der Waals surface area contributed by atoms with Gasteiger partial charge in [0.05, 0.1) is 17.3 Å². The Kier molecular flexibility index (Phi) is 13.3. The average molecular weight is 889 g/mol. The number of fused-ring (bicyclic) bond motifs is 1. The van der Waals surface area contributed by atoms with Crippen LogP contribution in [0.1, 0.15) is 98.3 Å². The summed E-state index contributed by atoms with van der Waals surface area (Å²) in [5.74, 6) is -0.203. The number of unbranched alkanes of at least 4 members (excludes halogenated alkanes) is 3. The molecular weight excluding hydrogens is 836 g/mol. The molecule has 3 fully saturated rings. The molecule has 3 saturated heterocycles. The Morgan fingerprint density at radius 3 is 2.61 bits per heavy atom. The number of benzene rings is 2. The molecule has 17 heteroatoms. The lowest BCUT2D eigenvalue weighted by Gasteiger charge is -2.39. The number of amides is 4. The molecule has 328 valence electrons. The van der Waals surface area contributed by atoms with Gasteiger partial charge in [-0.25, -0.2) is 9.37 Å². The van der Waals surface area contributed by atoms with Gasteiger partial charge in [0.1, 0.15) is 18.0 Å². The number of pyridine rings is 1. The minimum Gasteiger partial charge on any atom is -0.482 e. The summed E-state index contributed by atoms with van der Waals surface area (Å²) >= 11 is 12.5. The Bertz CT molecular complexity index is 2330. The van der Waals surface area contributed by atoms with Crippen molar-refractivity contribution in [3.8, 4) is 16.9 Å². The molecule has 0 bridgehead atoms. The van der Waals surface area contributed by atoms with Crippen molar-refractivity contribution < 1.29 is 28.3 Å². The molecule has 6 heterocycles. The van der Waals surface area contributed by atoms with Crippen LogP contribution in [0.25, 0.3) is 11.1 Å². The Hall–Kier alpha value is -5.25. The topological polar surface area (TPSA) is 168 Å². The van der Waals surface area contributed by atoms with Crippen LogP contribution < -0.4 is 21.1 Å². The number of piperidine rings is 2. The van der Waals surface area contributed by atoms with E-state index in [1.807, 2.05) is 34.0 Å². The van der Waals surface area contributed by atoms with E-state index in [1.165, 1.54) is 12.1 Å². The number of imide groups is 1. The molecule has 4 aliphatic rings. The third kappa shape index (κ3) is 9.54. The Morgan fingerprint density at radius 1 is 1.03 bits per heavy atom. The molecule has 2 aromatic heterocycles. The van der Waals surface area contributed by atoms with Crippen LogP contribution in [0.15, 0.2) is 55.0 Å². The molecule has 4 N–H and O–H groups in total. The molecule has 8 rings (SSSR count). The zero-order valence-electron chi connectivity index (χ0n) is 34.8. The van der Waals surface area contributed by atoms with Crippen molar-refractivity contribution in [1.82, 2.24) is 34.8 Å². The number of carbonyl (C=O) groups excluding carboxylic acids is 4. The number of rotatable bonds is 16. The monoisotopic (exact) mass is 887 g/mol. The van der Waals surface area contributed by atoms with Gasteiger partial charge < -0.3 is 30.5 Å². The Balaban J connectivity index is 0.703. The maximum Gasteiger partial charge on any atom is 0.255 e. The second-order valence-corrected chi connectivity index (χ2v) is 17.6. The first-order chi connectivity index (χ1) is 29.9. The summed E-state index contributed by atoms with van der Waals surface area (Å²) < 4.78 is 22.2. The molecule has 2 aromatic carbocycles. The highest BCUT2D eigenvalue weighted by atomic mass is 35.5. The van der Waals surface area contributed by atoms with E-state index < -0.39 is 23.9 Å². The number of nitrogens with two attached hydrogens (primary N) is 1. The maximum absolute atomic E-state index is 14.2. The molecule has 2 atom stereocenters. The first-order valence-electron chi connectivity index (χ1n) is 21.5. The standard InChI is InChI=1S/C45H52Cl2FN9O5/c1-27(41-34(46)10-11-35(48)42(41)47)62-38-19-29(21-51-43(38)49)30-22-52-57(25-30)31-14-17-55(18-15-31)40(59)9-4-2-3-5-16-54-23-28(24-54)20-50-36-8-6-7-32-33(36)26-56(45(32)61)37-12-13-39(58)53-44(37)60/h6-8,10-11,19,21-22,25,27-28,31,37,50H,2-5,9,12-18,20,23-24,26H2,1H3,(H2,49,51)(H,53,58,60)/t27-,37?/m1/s1. The van der Waals surface area contributed by atoms with E-state index in [-0.39, 0.29) is 46.0 Å². The first-order valence-corrected chi connectivity index (χ1v) is 22.3. The van der Waals surface area contributed by atoms with Gasteiger partial charge in [0, 0.05) is 109 Å². The van der Waals surface area contributed by atoms with E-state index in [2.05, 4.69) is 25.6 Å². The van der Waals surface area contributed by atoms with Crippen molar-refractivity contribution in [2.75, 3.05) is 50.3 Å². The smallest absolute Gasteiger partial charge is 0.255 e. The summed E-state index contributed by atoms with van der Waals surface area (Å²) in [4.78, 5) is 60.6. The predicted molar refractivity (Wildman–Crippen MR) is 234 cm³/mol. The molecule has 0 saturated carbocycles. The van der Waals surface area contributed by atoms with Crippen LogP contribution in [-0.4, -0.2) is 98.4 Å². The van der Waals surface area contributed by atoms with Gasteiger partial charge in [-0.3, -0.25) is 29.2 Å². The molecule has 0 spiro atoms. The van der Waals surface area contributed by atoms with Gasteiger partial charge in [-0.05, 0) is 75.9 Å². The third-order valence-electron chi connectivity index (χ3n) is 12.6. The Labute approximate surface area is 370 Å². The highest BCUT2D eigenvalue weighted by molar-refractivity contribution is 6.36. The molecule has 14 nitrogen and oxygen atoms in total. The van der Waals surface area contributed by atoms with Crippen LogP contribution in [0.3, 0.4) is 0 Å². The largest absolute Gasteiger partial charge is 0.482 e. The van der Waals surface area contributed by atoms with Gasteiger partial charge in [-0.2, -0.15) is 5.10 Å². The molecule has 0 radical (unpaired) electrons. The van der Waals surface area contributed by atoms with Gasteiger partial charge in [-0.15, -0.1) is 0 Å². The average Bonchev–Trinajstić information content (AvgIpc) is 3.87. The van der Waals surface area contributed by atoms with E-state index >= 15 is 0 Å². The fourth-order valence-electron chi connectivity index (χ4n) is 9.06. The van der Waals surface area contributed by atoms with E-state index in [1.54, 1.807) is 30.3 Å². The normalized spacial score (nSPS) is 19.0.